The molecule has 2 aromatic carbocycles. The van der Waals surface area contributed by atoms with E-state index in [0.717, 1.165) is 35.9 Å². The molecule has 0 saturated heterocycles. The first-order valence-electron chi connectivity index (χ1n) is 10.0. The molecule has 164 valence electrons. The number of ether oxygens (including phenoxy) is 4. The quantitative estimate of drug-likeness (QED) is 0.456. The van der Waals surface area contributed by atoms with E-state index in [-0.39, 0.29) is 5.92 Å². The molecule has 2 N–H and O–H groups in total. The Bertz CT molecular complexity index is 814. The molecule has 0 aliphatic carbocycles. The highest BCUT2D eigenvalue weighted by Crippen LogP contribution is 2.38. The van der Waals surface area contributed by atoms with Crippen LogP contribution < -0.4 is 29.6 Å². The number of benzene rings is 2. The third-order valence-corrected chi connectivity index (χ3v) is 4.73. The van der Waals surface area contributed by atoms with Gasteiger partial charge in [0.15, 0.2) is 17.5 Å². The van der Waals surface area contributed by atoms with E-state index in [1.54, 1.807) is 28.4 Å². The highest BCUT2D eigenvalue weighted by Gasteiger charge is 2.14. The van der Waals surface area contributed by atoms with Crippen molar-refractivity contribution in [3.63, 3.8) is 0 Å². The summed E-state index contributed by atoms with van der Waals surface area (Å²) >= 11 is 0. The van der Waals surface area contributed by atoms with Gasteiger partial charge < -0.3 is 29.6 Å². The molecule has 30 heavy (non-hydrogen) atoms. The minimum absolute atomic E-state index is 0.256. The monoisotopic (exact) mass is 415 g/mol. The number of guanidine groups is 1. The largest absolute Gasteiger partial charge is 0.496 e. The molecule has 0 aromatic heterocycles. The second-order valence-corrected chi connectivity index (χ2v) is 6.75. The van der Waals surface area contributed by atoms with Crippen LogP contribution >= 0.6 is 0 Å². The van der Waals surface area contributed by atoms with Crippen LogP contribution in [0.15, 0.2) is 41.4 Å². The smallest absolute Gasteiger partial charge is 0.203 e. The highest BCUT2D eigenvalue weighted by molar-refractivity contribution is 5.79. The Morgan fingerprint density at radius 3 is 2.10 bits per heavy atom. The first-order chi connectivity index (χ1) is 14.6. The Hall–Kier alpha value is -3.09. The van der Waals surface area contributed by atoms with Gasteiger partial charge in [0.25, 0.3) is 0 Å². The van der Waals surface area contributed by atoms with Crippen LogP contribution in [0.2, 0.25) is 0 Å². The molecule has 0 bridgehead atoms. The summed E-state index contributed by atoms with van der Waals surface area (Å²) in [7, 11) is 6.50. The highest BCUT2D eigenvalue weighted by atomic mass is 16.5. The van der Waals surface area contributed by atoms with Crippen molar-refractivity contribution in [2.75, 3.05) is 41.5 Å². The molecular formula is C23H33N3O4. The third-order valence-electron chi connectivity index (χ3n) is 4.73. The standard InChI is InChI=1S/C23H33N3O4/c1-7-24-23(25-14-16(2)18-10-8-9-11-19(18)27-3)26-15-17-12-20(28-4)22(30-6)21(13-17)29-5/h8-13,16H,7,14-15H2,1-6H3,(H2,24,25,26). The first kappa shape index (κ1) is 23.2. The predicted octanol–water partition coefficient (Wildman–Crippen LogP) is 3.58. The minimum atomic E-state index is 0.256. The van der Waals surface area contributed by atoms with Gasteiger partial charge in [-0.1, -0.05) is 25.1 Å². The van der Waals surface area contributed by atoms with Crippen LogP contribution in [0.5, 0.6) is 23.0 Å². The number of methoxy groups -OCH3 is 4. The molecule has 1 unspecified atom stereocenters. The van der Waals surface area contributed by atoms with E-state index in [0.29, 0.717) is 23.8 Å². The lowest BCUT2D eigenvalue weighted by Crippen LogP contribution is -2.39. The van der Waals surface area contributed by atoms with Crippen LogP contribution in [0.3, 0.4) is 0 Å². The molecule has 0 fully saturated rings. The van der Waals surface area contributed by atoms with Crippen LogP contribution in [-0.2, 0) is 6.54 Å². The molecular weight excluding hydrogens is 382 g/mol. The van der Waals surface area contributed by atoms with E-state index in [4.69, 9.17) is 23.9 Å². The molecule has 0 aliphatic heterocycles. The molecule has 0 spiro atoms. The van der Waals surface area contributed by atoms with Gasteiger partial charge in [0.2, 0.25) is 5.75 Å². The van der Waals surface area contributed by atoms with Gasteiger partial charge in [-0.3, -0.25) is 0 Å². The summed E-state index contributed by atoms with van der Waals surface area (Å²) in [4.78, 5) is 4.71. The van der Waals surface area contributed by atoms with Crippen molar-refractivity contribution >= 4 is 5.96 Å². The molecule has 7 nitrogen and oxygen atoms in total. The van der Waals surface area contributed by atoms with Crippen molar-refractivity contribution in [3.05, 3.63) is 47.5 Å². The number of nitrogens with one attached hydrogen (secondary N) is 2. The Balaban J connectivity index is 2.12. The van der Waals surface area contributed by atoms with E-state index < -0.39 is 0 Å². The maximum Gasteiger partial charge on any atom is 0.203 e. The van der Waals surface area contributed by atoms with Crippen LogP contribution in [0.1, 0.15) is 30.9 Å². The molecule has 7 heteroatoms. The van der Waals surface area contributed by atoms with E-state index in [1.165, 1.54) is 0 Å². The summed E-state index contributed by atoms with van der Waals surface area (Å²) in [5.74, 6) is 3.70. The average Bonchev–Trinajstić information content (AvgIpc) is 2.79. The third kappa shape index (κ3) is 5.95. The van der Waals surface area contributed by atoms with Gasteiger partial charge in [-0.2, -0.15) is 0 Å². The van der Waals surface area contributed by atoms with Crippen LogP contribution in [0.25, 0.3) is 0 Å². The molecule has 2 rings (SSSR count). The lowest BCUT2D eigenvalue weighted by atomic mass is 10.0. The zero-order valence-corrected chi connectivity index (χ0v) is 18.7. The fourth-order valence-electron chi connectivity index (χ4n) is 3.17. The Morgan fingerprint density at radius 1 is 0.900 bits per heavy atom. The van der Waals surface area contributed by atoms with E-state index in [2.05, 4.69) is 23.6 Å². The maximum atomic E-state index is 5.48. The fourth-order valence-corrected chi connectivity index (χ4v) is 3.17. The fraction of sp³-hybridized carbons (Fsp3) is 0.435. The molecule has 0 saturated carbocycles. The molecule has 0 amide bonds. The van der Waals surface area contributed by atoms with Crippen molar-refractivity contribution in [1.82, 2.24) is 10.6 Å². The van der Waals surface area contributed by atoms with Crippen LogP contribution in [-0.4, -0.2) is 47.5 Å². The molecule has 0 heterocycles. The van der Waals surface area contributed by atoms with Gasteiger partial charge in [-0.15, -0.1) is 0 Å². The van der Waals surface area contributed by atoms with Crippen molar-refractivity contribution in [3.8, 4) is 23.0 Å². The number of aliphatic imine (C=N–C) groups is 1. The zero-order chi connectivity index (χ0) is 21.9. The van der Waals surface area contributed by atoms with Crippen molar-refractivity contribution in [2.45, 2.75) is 26.3 Å². The molecule has 0 aliphatic rings. The number of para-hydroxylation sites is 1. The summed E-state index contributed by atoms with van der Waals surface area (Å²) in [6.45, 7) is 6.16. The van der Waals surface area contributed by atoms with Gasteiger partial charge in [0.1, 0.15) is 5.75 Å². The van der Waals surface area contributed by atoms with Gasteiger partial charge in [0, 0.05) is 19.0 Å². The van der Waals surface area contributed by atoms with E-state index >= 15 is 0 Å². The van der Waals surface area contributed by atoms with Crippen molar-refractivity contribution in [2.24, 2.45) is 4.99 Å². The van der Waals surface area contributed by atoms with Gasteiger partial charge in [-0.05, 0) is 36.2 Å². The minimum Gasteiger partial charge on any atom is -0.496 e. The lowest BCUT2D eigenvalue weighted by molar-refractivity contribution is 0.324. The summed E-state index contributed by atoms with van der Waals surface area (Å²) < 4.78 is 21.7. The number of hydrogen-bond acceptors (Lipinski definition) is 5. The van der Waals surface area contributed by atoms with Crippen molar-refractivity contribution in [1.29, 1.82) is 0 Å². The normalized spacial score (nSPS) is 12.1. The summed E-state index contributed by atoms with van der Waals surface area (Å²) in [6.07, 6.45) is 0. The Kier molecular flexibility index (Phi) is 9.12. The average molecular weight is 416 g/mol. The molecule has 0 radical (unpaired) electrons. The van der Waals surface area contributed by atoms with Gasteiger partial charge in [0.05, 0.1) is 35.0 Å². The maximum absolute atomic E-state index is 5.48. The number of hydrogen-bond donors (Lipinski definition) is 2. The Morgan fingerprint density at radius 2 is 1.53 bits per heavy atom. The lowest BCUT2D eigenvalue weighted by Gasteiger charge is -2.18. The van der Waals surface area contributed by atoms with Crippen LogP contribution in [0, 0.1) is 0 Å². The van der Waals surface area contributed by atoms with Gasteiger partial charge in [-0.25, -0.2) is 4.99 Å². The van der Waals surface area contributed by atoms with Crippen LogP contribution in [0.4, 0.5) is 0 Å². The number of rotatable bonds is 10. The molecule has 2 aromatic rings. The van der Waals surface area contributed by atoms with Crippen molar-refractivity contribution < 1.29 is 18.9 Å². The second-order valence-electron chi connectivity index (χ2n) is 6.75. The second kappa shape index (κ2) is 11.8. The topological polar surface area (TPSA) is 73.3 Å². The first-order valence-corrected chi connectivity index (χ1v) is 10.0. The molecule has 1 atom stereocenters. The summed E-state index contributed by atoms with van der Waals surface area (Å²) in [5.41, 5.74) is 2.12. The summed E-state index contributed by atoms with van der Waals surface area (Å²) in [5, 5.41) is 6.70. The SMILES string of the molecule is CCNC(=NCc1cc(OC)c(OC)c(OC)c1)NCC(C)c1ccccc1OC. The van der Waals surface area contributed by atoms with E-state index in [9.17, 15) is 0 Å². The van der Waals surface area contributed by atoms with E-state index in [1.807, 2.05) is 37.3 Å². The zero-order valence-electron chi connectivity index (χ0n) is 18.7. The summed E-state index contributed by atoms with van der Waals surface area (Å²) in [6, 6.07) is 11.9. The Labute approximate surface area is 179 Å². The number of nitrogens with zero attached hydrogens (tertiary/aromatic N) is 1. The van der Waals surface area contributed by atoms with Gasteiger partial charge >= 0.3 is 0 Å². The predicted molar refractivity (Wildman–Crippen MR) is 120 cm³/mol.